The Bertz CT molecular complexity index is 1780. The number of benzene rings is 4. The van der Waals surface area contributed by atoms with Gasteiger partial charge in [-0.1, -0.05) is 42.5 Å². The molecule has 3 N–H and O–H groups in total. The summed E-state index contributed by atoms with van der Waals surface area (Å²) in [6.07, 6.45) is 0. The molecule has 1 aromatic heterocycles. The molecule has 0 saturated carbocycles. The fraction of sp³-hybridized carbons (Fsp3) is 0. The second kappa shape index (κ2) is 10.4. The van der Waals surface area contributed by atoms with Crippen LogP contribution in [0.5, 0.6) is 11.5 Å². The molecule has 0 saturated heterocycles. The van der Waals surface area contributed by atoms with E-state index in [1.165, 1.54) is 6.07 Å². The maximum Gasteiger partial charge on any atom is 0.446 e. The smallest absolute Gasteiger partial charge is 0.360 e. The van der Waals surface area contributed by atoms with Crippen LogP contribution in [0.1, 0.15) is 0 Å². The predicted octanol–water partition coefficient (Wildman–Crippen LogP) is 3.74. The van der Waals surface area contributed by atoms with Gasteiger partial charge in [-0.3, -0.25) is 9.11 Å². The van der Waals surface area contributed by atoms with Crippen molar-refractivity contribution < 1.29 is 34.3 Å². The van der Waals surface area contributed by atoms with Crippen molar-refractivity contribution in [2.24, 2.45) is 0 Å². The molecule has 9 nitrogen and oxygen atoms in total. The van der Waals surface area contributed by atoms with Crippen molar-refractivity contribution in [1.82, 2.24) is 4.98 Å². The van der Waals surface area contributed by atoms with E-state index in [0.717, 1.165) is 10.8 Å². The van der Waals surface area contributed by atoms with Gasteiger partial charge in [0.1, 0.15) is 0 Å². The van der Waals surface area contributed by atoms with Crippen LogP contribution >= 0.6 is 0 Å². The van der Waals surface area contributed by atoms with Crippen LogP contribution < -0.4 is 8.37 Å². The molecule has 0 spiro atoms. The number of aromatic nitrogens is 1. The molecule has 170 valence electrons. The zero-order valence-electron chi connectivity index (χ0n) is 18.6. The maximum absolute atomic E-state index is 11.7. The summed E-state index contributed by atoms with van der Waals surface area (Å²) in [7, 11) is -9.87. The summed E-state index contributed by atoms with van der Waals surface area (Å²) in [5.41, 5.74) is 0.579. The molecule has 0 unspecified atom stereocenters. The minimum absolute atomic E-state index is 0. The molecule has 1 heterocycles. The monoisotopic (exact) mass is 531 g/mol. The van der Waals surface area contributed by atoms with E-state index in [1.54, 1.807) is 36.4 Å². The Balaban J connectivity index is 0.00000171. The summed E-state index contributed by atoms with van der Waals surface area (Å²) in [5.74, 6) is -0.499. The van der Waals surface area contributed by atoms with E-state index in [-0.39, 0.29) is 81.9 Å². The molecule has 13 heteroatoms. The summed E-state index contributed by atoms with van der Waals surface area (Å²) in [6.45, 7) is 0. The number of fused-ring (bicyclic) bond motifs is 3. The van der Waals surface area contributed by atoms with Crippen molar-refractivity contribution in [2.75, 3.05) is 0 Å². The molecule has 0 atom stereocenters. The fourth-order valence-corrected chi connectivity index (χ4v) is 4.65. The van der Waals surface area contributed by atoms with Crippen molar-refractivity contribution in [3.63, 3.8) is 0 Å². The average Bonchev–Trinajstić information content (AvgIpc) is 3.08. The van der Waals surface area contributed by atoms with E-state index in [1.807, 2.05) is 30.3 Å². The van der Waals surface area contributed by atoms with Crippen LogP contribution in [0.15, 0.2) is 72.8 Å². The van der Waals surface area contributed by atoms with Crippen molar-refractivity contribution in [2.45, 2.75) is 0 Å². The minimum Gasteiger partial charge on any atom is -0.360 e. The van der Waals surface area contributed by atoms with Gasteiger partial charge in [0.05, 0.1) is 5.69 Å². The molecule has 0 fully saturated rings. The average molecular weight is 531 g/mol. The first kappa shape index (κ1) is 27.9. The van der Waals surface area contributed by atoms with Gasteiger partial charge in [-0.15, -0.1) is 0 Å². The quantitative estimate of drug-likeness (QED) is 0.177. The zero-order valence-corrected chi connectivity index (χ0v) is 24.2. The maximum atomic E-state index is 11.7. The second-order valence-electron chi connectivity index (χ2n) is 7.26. The van der Waals surface area contributed by atoms with Gasteiger partial charge in [-0.25, -0.2) is 0 Å². The van der Waals surface area contributed by atoms with Crippen molar-refractivity contribution in [3.05, 3.63) is 72.8 Å². The van der Waals surface area contributed by atoms with E-state index in [9.17, 15) is 25.9 Å². The molecule has 0 aliphatic rings. The van der Waals surface area contributed by atoms with Gasteiger partial charge in [0.25, 0.3) is 0 Å². The Kier molecular flexibility index (Phi) is 8.29. The van der Waals surface area contributed by atoms with Crippen LogP contribution in [0.4, 0.5) is 0 Å². The number of hydrogen-bond donors (Lipinski definition) is 3. The van der Waals surface area contributed by atoms with Crippen LogP contribution in [-0.4, -0.2) is 90.0 Å². The molecule has 0 amide bonds. The second-order valence-corrected chi connectivity index (χ2v) is 9.30. The van der Waals surface area contributed by atoms with E-state index >= 15 is 0 Å². The number of H-pyrrole nitrogens is 1. The van der Waals surface area contributed by atoms with Gasteiger partial charge in [0.15, 0.2) is 11.5 Å². The largest absolute Gasteiger partial charge is 0.446 e. The summed E-state index contributed by atoms with van der Waals surface area (Å²) >= 11 is 0. The zero-order chi connectivity index (χ0) is 23.4. The van der Waals surface area contributed by atoms with Crippen LogP contribution in [0.25, 0.3) is 43.7 Å². The molecular weight excluding hydrogens is 516 g/mol. The van der Waals surface area contributed by atoms with E-state index in [0.29, 0.717) is 21.7 Å². The third-order valence-electron chi connectivity index (χ3n) is 5.14. The van der Waals surface area contributed by atoms with Gasteiger partial charge in [-0.2, -0.15) is 16.8 Å². The Labute approximate surface area is 244 Å². The molecular formula is C22H15NNa2O8S2. The summed E-state index contributed by atoms with van der Waals surface area (Å²) in [6, 6.07) is 20.7. The third-order valence-corrected chi connectivity index (χ3v) is 5.90. The number of rotatable bonds is 5. The first-order valence-electron chi connectivity index (χ1n) is 9.49. The number of hydrogen-bond acceptors (Lipinski definition) is 6. The van der Waals surface area contributed by atoms with Crippen LogP contribution in [-0.2, 0) is 20.8 Å². The Morgan fingerprint density at radius 1 is 0.629 bits per heavy atom. The fourth-order valence-electron chi connectivity index (χ4n) is 3.88. The summed E-state index contributed by atoms with van der Waals surface area (Å²) in [5, 5.41) is 2.97. The van der Waals surface area contributed by atoms with Crippen LogP contribution in [0.2, 0.25) is 0 Å². The van der Waals surface area contributed by atoms with E-state index < -0.39 is 20.8 Å². The normalized spacial score (nSPS) is 11.7. The summed E-state index contributed by atoms with van der Waals surface area (Å²) < 4.78 is 75.2. The topological polar surface area (TPSA) is 143 Å². The standard InChI is InChI=1S/C22H15NO8S2.2Na/c24-32(25,26)30-21-17(10-9-15-11-13-5-1-2-6-14(13)12-18(15)21)20-22(31-33(27,28)29)16-7-3-4-8-19(16)23-20;;/h1-12,23H,(H,24,25,26)(H,27,28,29);;. The van der Waals surface area contributed by atoms with Crippen LogP contribution in [0, 0.1) is 0 Å². The van der Waals surface area contributed by atoms with Gasteiger partial charge in [0, 0.05) is 81.0 Å². The van der Waals surface area contributed by atoms with Crippen molar-refractivity contribution >= 4 is 112 Å². The van der Waals surface area contributed by atoms with Crippen molar-refractivity contribution in [1.29, 1.82) is 0 Å². The van der Waals surface area contributed by atoms with E-state index in [4.69, 9.17) is 8.37 Å². The molecule has 4 aromatic carbocycles. The van der Waals surface area contributed by atoms with Gasteiger partial charge >= 0.3 is 20.8 Å². The Morgan fingerprint density at radius 3 is 1.86 bits per heavy atom. The van der Waals surface area contributed by atoms with Crippen LogP contribution in [0.3, 0.4) is 0 Å². The number of para-hydroxylation sites is 1. The molecule has 0 aliphatic heterocycles. The van der Waals surface area contributed by atoms with Crippen molar-refractivity contribution in [3.8, 4) is 22.8 Å². The Morgan fingerprint density at radius 2 is 1.20 bits per heavy atom. The Hall–Kier alpha value is -1.64. The van der Waals surface area contributed by atoms with E-state index in [2.05, 4.69) is 4.98 Å². The molecule has 0 bridgehead atoms. The SMILES string of the molecule is O=S(=O)(O)Oc1c(-c2[nH]c3ccccc3c2OS(=O)(=O)O)ccc2cc3ccccc3cc12.[Na].[Na]. The predicted molar refractivity (Wildman–Crippen MR) is 135 cm³/mol. The first-order valence-corrected chi connectivity index (χ1v) is 12.2. The molecule has 35 heavy (non-hydrogen) atoms. The van der Waals surface area contributed by atoms with Gasteiger partial charge < -0.3 is 13.4 Å². The number of nitrogens with one attached hydrogen (secondary N) is 1. The van der Waals surface area contributed by atoms with Gasteiger partial charge in [0.2, 0.25) is 0 Å². The third kappa shape index (κ3) is 5.86. The molecule has 2 radical (unpaired) electrons. The summed E-state index contributed by atoms with van der Waals surface area (Å²) in [4.78, 5) is 2.97. The molecule has 5 aromatic rings. The first-order chi connectivity index (χ1) is 15.6. The number of aromatic amines is 1. The molecule has 0 aliphatic carbocycles. The minimum atomic E-state index is -4.95. The molecule has 5 rings (SSSR count). The van der Waals surface area contributed by atoms with Gasteiger partial charge in [-0.05, 0) is 46.5 Å².